The van der Waals surface area contributed by atoms with Crippen molar-refractivity contribution in [2.24, 2.45) is 0 Å². The molecule has 1 aromatic carbocycles. The number of nitrogens with one attached hydrogen (secondary N) is 2. The molecule has 0 aliphatic rings. The Morgan fingerprint density at radius 2 is 1.72 bits per heavy atom. The van der Waals surface area contributed by atoms with Gasteiger partial charge in [0.1, 0.15) is 11.5 Å². The Morgan fingerprint density at radius 3 is 2.59 bits per heavy atom. The molecule has 6 aromatic rings. The maximum atomic E-state index is 14.4. The van der Waals surface area contributed by atoms with E-state index in [1.54, 1.807) is 43.0 Å². The molecule has 32 heavy (non-hydrogen) atoms. The fraction of sp³-hybridized carbons (Fsp3) is 0. The van der Waals surface area contributed by atoms with Gasteiger partial charge in [-0.25, -0.2) is 9.37 Å². The fourth-order valence-corrected chi connectivity index (χ4v) is 3.93. The van der Waals surface area contributed by atoms with Crippen LogP contribution in [0.25, 0.3) is 55.7 Å². The summed E-state index contributed by atoms with van der Waals surface area (Å²) in [7, 11) is 0. The number of hydrogen-bond donors (Lipinski definition) is 3. The number of nitrogens with zero attached hydrogens (tertiary/aromatic N) is 4. The monoisotopic (exact) mass is 421 g/mol. The molecule has 8 heteroatoms. The summed E-state index contributed by atoms with van der Waals surface area (Å²) in [5, 5.41) is 9.12. The number of benzene rings is 1. The Hall–Kier alpha value is -4.59. The zero-order valence-electron chi connectivity index (χ0n) is 16.7. The molecule has 5 aromatic heterocycles. The van der Waals surface area contributed by atoms with Gasteiger partial charge < -0.3 is 10.7 Å². The first-order valence-corrected chi connectivity index (χ1v) is 9.95. The molecule has 0 saturated carbocycles. The third-order valence-electron chi connectivity index (χ3n) is 5.44. The number of nitrogen functional groups attached to an aromatic ring is 1. The predicted molar refractivity (Wildman–Crippen MR) is 122 cm³/mol. The summed E-state index contributed by atoms with van der Waals surface area (Å²) >= 11 is 0. The van der Waals surface area contributed by atoms with E-state index in [-0.39, 0.29) is 5.82 Å². The molecule has 0 spiro atoms. The van der Waals surface area contributed by atoms with Crippen molar-refractivity contribution in [2.75, 3.05) is 5.73 Å². The molecule has 4 N–H and O–H groups in total. The first-order chi connectivity index (χ1) is 15.7. The van der Waals surface area contributed by atoms with Gasteiger partial charge in [0, 0.05) is 57.8 Å². The highest BCUT2D eigenvalue weighted by Gasteiger charge is 2.16. The molecule has 7 nitrogen and oxygen atoms in total. The van der Waals surface area contributed by atoms with Gasteiger partial charge in [-0.15, -0.1) is 0 Å². The molecule has 0 amide bonds. The zero-order valence-corrected chi connectivity index (χ0v) is 16.7. The van der Waals surface area contributed by atoms with Crippen molar-refractivity contribution in [3.63, 3.8) is 0 Å². The Morgan fingerprint density at radius 1 is 0.844 bits per heavy atom. The van der Waals surface area contributed by atoms with Crippen LogP contribution in [0.5, 0.6) is 0 Å². The minimum absolute atomic E-state index is 0.315. The van der Waals surface area contributed by atoms with E-state index >= 15 is 0 Å². The van der Waals surface area contributed by atoms with Crippen molar-refractivity contribution < 1.29 is 4.39 Å². The number of nitrogens with two attached hydrogens (primary N) is 1. The summed E-state index contributed by atoms with van der Waals surface area (Å²) in [5.74, 6) is -0.315. The molecule has 0 bridgehead atoms. The molecule has 0 unspecified atom stereocenters. The molecule has 0 aliphatic heterocycles. The Balaban J connectivity index is 1.52. The Bertz CT molecular complexity index is 1620. The average Bonchev–Trinajstić information content (AvgIpc) is 3.43. The van der Waals surface area contributed by atoms with Crippen molar-refractivity contribution in [3.8, 4) is 33.8 Å². The highest BCUT2D eigenvalue weighted by molar-refractivity contribution is 6.00. The molecular formula is C24H16FN7. The third-order valence-corrected chi connectivity index (χ3v) is 5.44. The van der Waals surface area contributed by atoms with E-state index < -0.39 is 0 Å². The molecule has 5 heterocycles. The number of pyridine rings is 3. The van der Waals surface area contributed by atoms with Crippen LogP contribution in [0.15, 0.2) is 73.3 Å². The predicted octanol–water partition coefficient (Wildman–Crippen LogP) is 4.95. The highest BCUT2D eigenvalue weighted by Crippen LogP contribution is 2.34. The number of anilines is 1. The van der Waals surface area contributed by atoms with Gasteiger partial charge in [0.15, 0.2) is 5.65 Å². The number of halogens is 1. The smallest absolute Gasteiger partial charge is 0.155 e. The van der Waals surface area contributed by atoms with Crippen molar-refractivity contribution in [2.45, 2.75) is 0 Å². The second-order valence-corrected chi connectivity index (χ2v) is 7.48. The van der Waals surface area contributed by atoms with Crippen LogP contribution in [0, 0.1) is 5.82 Å². The van der Waals surface area contributed by atoms with Crippen LogP contribution in [0.4, 0.5) is 10.1 Å². The van der Waals surface area contributed by atoms with Gasteiger partial charge in [-0.3, -0.25) is 15.1 Å². The van der Waals surface area contributed by atoms with Gasteiger partial charge in [-0.05, 0) is 36.4 Å². The number of H-pyrrole nitrogens is 2. The zero-order chi connectivity index (χ0) is 21.7. The summed E-state index contributed by atoms with van der Waals surface area (Å²) in [6.45, 7) is 0. The van der Waals surface area contributed by atoms with E-state index in [1.165, 1.54) is 6.07 Å². The Labute approximate surface area is 181 Å². The van der Waals surface area contributed by atoms with Gasteiger partial charge >= 0.3 is 0 Å². The molecule has 0 saturated heterocycles. The van der Waals surface area contributed by atoms with Gasteiger partial charge in [-0.1, -0.05) is 12.1 Å². The van der Waals surface area contributed by atoms with Gasteiger partial charge in [0.05, 0.1) is 17.1 Å². The Kier molecular flexibility index (Phi) is 3.97. The summed E-state index contributed by atoms with van der Waals surface area (Å²) in [6.07, 6.45) is 6.77. The molecule has 0 atom stereocenters. The lowest BCUT2D eigenvalue weighted by molar-refractivity contribution is 0.631. The summed E-state index contributed by atoms with van der Waals surface area (Å²) in [4.78, 5) is 16.5. The first-order valence-electron chi connectivity index (χ1n) is 9.95. The van der Waals surface area contributed by atoms with Gasteiger partial charge in [0.2, 0.25) is 0 Å². The topological polar surface area (TPSA) is 109 Å². The number of fused-ring (bicyclic) bond motifs is 2. The highest BCUT2D eigenvalue weighted by atomic mass is 19.1. The molecule has 0 radical (unpaired) electrons. The van der Waals surface area contributed by atoms with Gasteiger partial charge in [0.25, 0.3) is 0 Å². The first kappa shape index (κ1) is 18.2. The number of rotatable bonds is 3. The lowest BCUT2D eigenvalue weighted by Crippen LogP contribution is -1.88. The standard InChI is InChI=1S/C24H16FN7/c25-19-4-2-1-3-16(19)22-17-9-21(30-20(17)5-6-28-22)23-18-8-14(11-29-24(18)32-31-23)13-7-15(26)12-27-10-13/h1-12,30H,26H2,(H,29,31,32). The molecular weight excluding hydrogens is 405 g/mol. The van der Waals surface area contributed by atoms with Crippen molar-refractivity contribution in [3.05, 3.63) is 79.1 Å². The minimum atomic E-state index is -0.315. The van der Waals surface area contributed by atoms with E-state index in [2.05, 4.69) is 30.1 Å². The molecule has 0 aliphatic carbocycles. The van der Waals surface area contributed by atoms with Crippen LogP contribution < -0.4 is 5.73 Å². The third kappa shape index (κ3) is 2.89. The second kappa shape index (κ2) is 6.98. The van der Waals surface area contributed by atoms with Crippen molar-refractivity contribution in [1.82, 2.24) is 30.1 Å². The van der Waals surface area contributed by atoms with E-state index in [4.69, 9.17) is 5.73 Å². The summed E-state index contributed by atoms with van der Waals surface area (Å²) in [5.41, 5.74) is 12.2. The van der Waals surface area contributed by atoms with Crippen LogP contribution in [-0.4, -0.2) is 30.1 Å². The number of hydrogen-bond acceptors (Lipinski definition) is 5. The fourth-order valence-electron chi connectivity index (χ4n) is 3.93. The molecule has 6 rings (SSSR count). The number of aromatic amines is 2. The maximum absolute atomic E-state index is 14.4. The lowest BCUT2D eigenvalue weighted by atomic mass is 10.1. The van der Waals surface area contributed by atoms with Crippen molar-refractivity contribution in [1.29, 1.82) is 0 Å². The van der Waals surface area contributed by atoms with E-state index in [1.807, 2.05) is 24.3 Å². The van der Waals surface area contributed by atoms with Crippen LogP contribution in [0.1, 0.15) is 0 Å². The normalized spacial score (nSPS) is 11.4. The molecule has 154 valence electrons. The van der Waals surface area contributed by atoms with Crippen LogP contribution in [-0.2, 0) is 0 Å². The SMILES string of the molecule is Nc1cncc(-c2cnc3[nH]nc(-c4cc5c(-c6ccccc6F)nccc5[nH]4)c3c2)c1. The second-order valence-electron chi connectivity index (χ2n) is 7.48. The quantitative estimate of drug-likeness (QED) is 0.374. The van der Waals surface area contributed by atoms with E-state index in [0.29, 0.717) is 28.3 Å². The summed E-state index contributed by atoms with van der Waals surface area (Å²) in [6, 6.07) is 14.3. The number of aromatic nitrogens is 6. The van der Waals surface area contributed by atoms with E-state index in [0.717, 1.165) is 33.1 Å². The minimum Gasteiger partial charge on any atom is -0.397 e. The van der Waals surface area contributed by atoms with Crippen LogP contribution in [0.3, 0.4) is 0 Å². The van der Waals surface area contributed by atoms with Crippen LogP contribution in [0.2, 0.25) is 0 Å². The van der Waals surface area contributed by atoms with Crippen LogP contribution >= 0.6 is 0 Å². The van der Waals surface area contributed by atoms with E-state index in [9.17, 15) is 4.39 Å². The van der Waals surface area contributed by atoms with Gasteiger partial charge in [-0.2, -0.15) is 5.10 Å². The summed E-state index contributed by atoms with van der Waals surface area (Å²) < 4.78 is 14.4. The largest absolute Gasteiger partial charge is 0.397 e. The lowest BCUT2D eigenvalue weighted by Gasteiger charge is -2.03. The van der Waals surface area contributed by atoms with Crippen molar-refractivity contribution >= 4 is 27.6 Å². The average molecular weight is 421 g/mol. The molecule has 0 fully saturated rings. The maximum Gasteiger partial charge on any atom is 0.155 e.